The Morgan fingerprint density at radius 2 is 1.85 bits per heavy atom. The number of hydrogen-bond donors (Lipinski definition) is 2. The van der Waals surface area contributed by atoms with E-state index in [0.29, 0.717) is 0 Å². The molecule has 0 amide bonds. The quantitative estimate of drug-likeness (QED) is 0.446. The lowest BCUT2D eigenvalue weighted by molar-refractivity contribution is 0.211. The van der Waals surface area contributed by atoms with Crippen LogP contribution in [0, 0.1) is 11.8 Å². The van der Waals surface area contributed by atoms with Crippen LogP contribution in [0.4, 0.5) is 5.69 Å². The molecule has 2 unspecified atom stereocenters. The molecule has 1 aromatic carbocycles. The van der Waals surface area contributed by atoms with E-state index in [2.05, 4.69) is 46.7 Å². The van der Waals surface area contributed by atoms with Gasteiger partial charge in [-0.05, 0) is 49.3 Å². The largest absolute Gasteiger partial charge is 0.383 e. The molecule has 1 aliphatic heterocycles. The first kappa shape index (κ1) is 19.0. The molecular formula is C21H34N4O. The summed E-state index contributed by atoms with van der Waals surface area (Å²) in [6.07, 6.45) is 5.62. The number of nitrogens with zero attached hydrogens (tertiary/aromatic N) is 2. The summed E-state index contributed by atoms with van der Waals surface area (Å²) in [5.41, 5.74) is 2.37. The summed E-state index contributed by atoms with van der Waals surface area (Å²) in [4.78, 5) is 7.41. The van der Waals surface area contributed by atoms with Gasteiger partial charge in [0.2, 0.25) is 0 Å². The Bertz CT molecular complexity index is 558. The van der Waals surface area contributed by atoms with E-state index in [-0.39, 0.29) is 0 Å². The highest BCUT2D eigenvalue weighted by Crippen LogP contribution is 2.35. The van der Waals surface area contributed by atoms with Crippen LogP contribution in [0.2, 0.25) is 0 Å². The van der Waals surface area contributed by atoms with Gasteiger partial charge in [-0.3, -0.25) is 0 Å². The Morgan fingerprint density at radius 1 is 1.15 bits per heavy atom. The van der Waals surface area contributed by atoms with Gasteiger partial charge in [-0.25, -0.2) is 4.99 Å². The Labute approximate surface area is 158 Å². The second kappa shape index (κ2) is 9.81. The molecular weight excluding hydrogens is 324 g/mol. The lowest BCUT2D eigenvalue weighted by atomic mass is 9.82. The van der Waals surface area contributed by atoms with Gasteiger partial charge in [-0.1, -0.05) is 25.0 Å². The van der Waals surface area contributed by atoms with Crippen LogP contribution < -0.4 is 10.6 Å². The monoisotopic (exact) mass is 358 g/mol. The molecule has 0 spiro atoms. The molecule has 1 heterocycles. The lowest BCUT2D eigenvalue weighted by Crippen LogP contribution is -2.40. The summed E-state index contributed by atoms with van der Waals surface area (Å²) in [5, 5.41) is 6.85. The van der Waals surface area contributed by atoms with Crippen LogP contribution >= 0.6 is 0 Å². The highest BCUT2D eigenvalue weighted by Gasteiger charge is 2.35. The molecule has 0 bridgehead atoms. The molecule has 2 N–H and O–H groups in total. The lowest BCUT2D eigenvalue weighted by Gasteiger charge is -2.22. The number of hydrogen-bond acceptors (Lipinski definition) is 3. The predicted octanol–water partition coefficient (Wildman–Crippen LogP) is 3.33. The van der Waals surface area contributed by atoms with Crippen LogP contribution in [-0.4, -0.2) is 50.8 Å². The first-order valence-corrected chi connectivity index (χ1v) is 10.1. The van der Waals surface area contributed by atoms with Crippen LogP contribution in [-0.2, 0) is 11.3 Å². The van der Waals surface area contributed by atoms with Gasteiger partial charge in [0, 0.05) is 39.0 Å². The summed E-state index contributed by atoms with van der Waals surface area (Å²) in [6.45, 7) is 7.71. The fourth-order valence-corrected chi connectivity index (χ4v) is 4.20. The fraction of sp³-hybridized carbons (Fsp3) is 0.667. The van der Waals surface area contributed by atoms with Crippen molar-refractivity contribution >= 4 is 11.6 Å². The Kier molecular flexibility index (Phi) is 7.18. The number of likely N-dealkylation sites (tertiary alicyclic amines) is 1. The summed E-state index contributed by atoms with van der Waals surface area (Å²) in [5.74, 6) is 2.85. The zero-order valence-corrected chi connectivity index (χ0v) is 16.3. The van der Waals surface area contributed by atoms with E-state index in [1.165, 1.54) is 44.3 Å². The van der Waals surface area contributed by atoms with Crippen molar-refractivity contribution in [2.24, 2.45) is 16.8 Å². The van der Waals surface area contributed by atoms with Crippen molar-refractivity contribution in [2.45, 2.75) is 39.2 Å². The first-order valence-electron chi connectivity index (χ1n) is 10.1. The maximum atomic E-state index is 5.07. The van der Waals surface area contributed by atoms with E-state index >= 15 is 0 Å². The second-order valence-corrected chi connectivity index (χ2v) is 7.50. The zero-order valence-electron chi connectivity index (χ0n) is 16.3. The van der Waals surface area contributed by atoms with Crippen LogP contribution in [0.3, 0.4) is 0 Å². The summed E-state index contributed by atoms with van der Waals surface area (Å²) < 4.78 is 5.07. The average molecular weight is 359 g/mol. The number of methoxy groups -OCH3 is 1. The maximum Gasteiger partial charge on any atom is 0.194 e. The zero-order chi connectivity index (χ0) is 18.2. The van der Waals surface area contributed by atoms with E-state index in [1.807, 2.05) is 0 Å². The number of aliphatic imine (C=N–C) groups is 1. The van der Waals surface area contributed by atoms with E-state index in [9.17, 15) is 0 Å². The fourth-order valence-electron chi connectivity index (χ4n) is 4.20. The number of guanidine groups is 1. The second-order valence-electron chi connectivity index (χ2n) is 7.50. The van der Waals surface area contributed by atoms with Crippen LogP contribution in [0.15, 0.2) is 29.3 Å². The van der Waals surface area contributed by atoms with Crippen molar-refractivity contribution in [3.8, 4) is 0 Å². The molecule has 1 saturated carbocycles. The minimum Gasteiger partial charge on any atom is -0.383 e. The minimum absolute atomic E-state index is 0.718. The van der Waals surface area contributed by atoms with Crippen LogP contribution in [0.25, 0.3) is 0 Å². The van der Waals surface area contributed by atoms with Crippen molar-refractivity contribution in [1.29, 1.82) is 0 Å². The van der Waals surface area contributed by atoms with Gasteiger partial charge < -0.3 is 20.3 Å². The minimum atomic E-state index is 0.718. The molecule has 0 radical (unpaired) electrons. The van der Waals surface area contributed by atoms with E-state index in [0.717, 1.165) is 49.7 Å². The average Bonchev–Trinajstić information content (AvgIpc) is 3.10. The van der Waals surface area contributed by atoms with Crippen molar-refractivity contribution in [3.05, 3.63) is 29.8 Å². The number of rotatable bonds is 7. The van der Waals surface area contributed by atoms with Gasteiger partial charge in [-0.15, -0.1) is 0 Å². The molecule has 5 heteroatoms. The maximum absolute atomic E-state index is 5.07. The molecule has 5 nitrogen and oxygen atoms in total. The third kappa shape index (κ3) is 5.13. The van der Waals surface area contributed by atoms with Crippen LogP contribution in [0.5, 0.6) is 0 Å². The van der Waals surface area contributed by atoms with E-state index < -0.39 is 0 Å². The highest BCUT2D eigenvalue weighted by molar-refractivity contribution is 5.80. The van der Waals surface area contributed by atoms with E-state index in [1.54, 1.807) is 7.11 Å². The standard InChI is InChI=1S/C21H34N4O/c1-3-22-21(25-15-18-6-4-5-7-19(18)16-25)24-14-17-8-10-20(11-9-17)23-12-13-26-2/h8-11,18-19,23H,3-7,12-16H2,1-2H3,(H,22,24). The smallest absolute Gasteiger partial charge is 0.194 e. The number of benzene rings is 1. The summed E-state index contributed by atoms with van der Waals surface area (Å²) in [7, 11) is 1.72. The molecule has 3 rings (SSSR count). The highest BCUT2D eigenvalue weighted by atomic mass is 16.5. The van der Waals surface area contributed by atoms with Gasteiger partial charge in [0.1, 0.15) is 0 Å². The van der Waals surface area contributed by atoms with Crippen molar-refractivity contribution in [1.82, 2.24) is 10.2 Å². The molecule has 1 aliphatic carbocycles. The third-order valence-electron chi connectivity index (χ3n) is 5.61. The molecule has 26 heavy (non-hydrogen) atoms. The van der Waals surface area contributed by atoms with Gasteiger partial charge in [0.15, 0.2) is 5.96 Å². The molecule has 2 fully saturated rings. The Balaban J connectivity index is 1.57. The molecule has 144 valence electrons. The first-order chi connectivity index (χ1) is 12.8. The van der Waals surface area contributed by atoms with Gasteiger partial charge in [-0.2, -0.15) is 0 Å². The van der Waals surface area contributed by atoms with Crippen molar-refractivity contribution in [2.75, 3.05) is 45.2 Å². The molecule has 2 atom stereocenters. The van der Waals surface area contributed by atoms with Gasteiger partial charge >= 0.3 is 0 Å². The summed E-state index contributed by atoms with van der Waals surface area (Å²) in [6, 6.07) is 8.56. The van der Waals surface area contributed by atoms with E-state index in [4.69, 9.17) is 9.73 Å². The number of ether oxygens (including phenoxy) is 1. The third-order valence-corrected chi connectivity index (χ3v) is 5.61. The SMILES string of the molecule is CCNC(=NCc1ccc(NCCOC)cc1)N1CC2CCCCC2C1. The van der Waals surface area contributed by atoms with Crippen molar-refractivity contribution in [3.63, 3.8) is 0 Å². The molecule has 1 saturated heterocycles. The van der Waals surface area contributed by atoms with Gasteiger partial charge in [0.25, 0.3) is 0 Å². The van der Waals surface area contributed by atoms with Gasteiger partial charge in [0.05, 0.1) is 13.2 Å². The Morgan fingerprint density at radius 3 is 2.46 bits per heavy atom. The van der Waals surface area contributed by atoms with Crippen LogP contribution in [0.1, 0.15) is 38.2 Å². The molecule has 2 aliphatic rings. The molecule has 0 aromatic heterocycles. The van der Waals surface area contributed by atoms with Crippen molar-refractivity contribution < 1.29 is 4.74 Å². The number of fused-ring (bicyclic) bond motifs is 1. The summed E-state index contributed by atoms with van der Waals surface area (Å²) >= 11 is 0. The normalized spacial score (nSPS) is 23.0. The Hall–Kier alpha value is -1.75. The number of anilines is 1. The molecule has 1 aromatic rings. The topological polar surface area (TPSA) is 48.9 Å². The number of nitrogens with one attached hydrogen (secondary N) is 2. The predicted molar refractivity (Wildman–Crippen MR) is 109 cm³/mol.